The van der Waals surface area contributed by atoms with Crippen molar-refractivity contribution in [3.8, 4) is 0 Å². The lowest BCUT2D eigenvalue weighted by atomic mass is 10.3. The van der Waals surface area contributed by atoms with Crippen LogP contribution in [0.5, 0.6) is 0 Å². The van der Waals surface area contributed by atoms with Gasteiger partial charge in [0.05, 0.1) is 0 Å². The largest absolute Gasteiger partial charge is 0.264 e. The third-order valence-electron chi connectivity index (χ3n) is 0.523. The molecule has 0 aliphatic heterocycles. The van der Waals surface area contributed by atoms with Crippen molar-refractivity contribution in [2.45, 2.75) is 32.4 Å². The maximum absolute atomic E-state index is 3.20. The van der Waals surface area contributed by atoms with Gasteiger partial charge < -0.3 is 0 Å². The molecule has 0 bridgehead atoms. The van der Waals surface area contributed by atoms with Crippen LogP contribution in [0.4, 0.5) is 0 Å². The van der Waals surface area contributed by atoms with Gasteiger partial charge in [0.2, 0.25) is 0 Å². The zero-order valence-corrected chi connectivity index (χ0v) is 6.93. The monoisotopic (exact) mass is 133 g/mol. The van der Waals surface area contributed by atoms with Gasteiger partial charge in [-0.05, 0) is 20.8 Å². The van der Waals surface area contributed by atoms with Crippen molar-refractivity contribution < 1.29 is 0 Å². The van der Waals surface area contributed by atoms with E-state index in [0.717, 1.165) is 6.54 Å². The molecule has 0 aliphatic carbocycles. The van der Waals surface area contributed by atoms with Gasteiger partial charge in [-0.3, -0.25) is 4.72 Å². The molecule has 1 nitrogen and oxygen atoms in total. The van der Waals surface area contributed by atoms with E-state index in [-0.39, 0.29) is 0 Å². The van der Waals surface area contributed by atoms with Crippen LogP contribution in [0.15, 0.2) is 0 Å². The SMILES string of the molecule is CCNSC(C)(C)C. The quantitative estimate of drug-likeness (QED) is 0.578. The smallest absolute Gasteiger partial charge is 0.0220 e. The van der Waals surface area contributed by atoms with E-state index in [1.54, 1.807) is 11.9 Å². The summed E-state index contributed by atoms with van der Waals surface area (Å²) in [5, 5.41) is 0. The first-order valence-electron chi connectivity index (χ1n) is 2.97. The average molecular weight is 133 g/mol. The van der Waals surface area contributed by atoms with Crippen LogP contribution in [0.2, 0.25) is 0 Å². The minimum Gasteiger partial charge on any atom is -0.264 e. The van der Waals surface area contributed by atoms with Crippen LogP contribution in [-0.2, 0) is 0 Å². The van der Waals surface area contributed by atoms with E-state index >= 15 is 0 Å². The second kappa shape index (κ2) is 3.36. The van der Waals surface area contributed by atoms with E-state index in [1.807, 2.05) is 0 Å². The molecule has 2 heteroatoms. The van der Waals surface area contributed by atoms with Gasteiger partial charge in [-0.1, -0.05) is 18.9 Å². The molecule has 0 amide bonds. The van der Waals surface area contributed by atoms with Crippen molar-refractivity contribution in [2.24, 2.45) is 0 Å². The van der Waals surface area contributed by atoms with Gasteiger partial charge in [0.15, 0.2) is 0 Å². The second-order valence-corrected chi connectivity index (χ2v) is 4.43. The zero-order chi connectivity index (χ0) is 6.62. The fraction of sp³-hybridized carbons (Fsp3) is 1.00. The van der Waals surface area contributed by atoms with E-state index in [2.05, 4.69) is 32.4 Å². The number of nitrogens with one attached hydrogen (secondary N) is 1. The molecule has 0 rings (SSSR count). The van der Waals surface area contributed by atoms with Crippen LogP contribution < -0.4 is 4.72 Å². The Morgan fingerprint density at radius 3 is 2.00 bits per heavy atom. The molecule has 0 aromatic carbocycles. The molecule has 0 aliphatic rings. The molecule has 0 heterocycles. The zero-order valence-electron chi connectivity index (χ0n) is 6.12. The van der Waals surface area contributed by atoms with Gasteiger partial charge in [-0.15, -0.1) is 0 Å². The van der Waals surface area contributed by atoms with Gasteiger partial charge in [-0.25, -0.2) is 0 Å². The Hall–Kier alpha value is 0.310. The van der Waals surface area contributed by atoms with E-state index in [9.17, 15) is 0 Å². The summed E-state index contributed by atoms with van der Waals surface area (Å²) in [6.07, 6.45) is 0. The number of hydrogen-bond acceptors (Lipinski definition) is 2. The summed E-state index contributed by atoms with van der Waals surface area (Å²) >= 11 is 1.78. The highest BCUT2D eigenvalue weighted by molar-refractivity contribution is 7.98. The fourth-order valence-corrected chi connectivity index (χ4v) is 0.866. The summed E-state index contributed by atoms with van der Waals surface area (Å²) in [6, 6.07) is 0. The van der Waals surface area contributed by atoms with E-state index in [4.69, 9.17) is 0 Å². The van der Waals surface area contributed by atoms with Crippen LogP contribution in [0.1, 0.15) is 27.7 Å². The van der Waals surface area contributed by atoms with Crippen LogP contribution in [0.3, 0.4) is 0 Å². The van der Waals surface area contributed by atoms with Gasteiger partial charge >= 0.3 is 0 Å². The van der Waals surface area contributed by atoms with Crippen LogP contribution in [0, 0.1) is 0 Å². The second-order valence-electron chi connectivity index (χ2n) is 2.71. The Morgan fingerprint density at radius 2 is 1.88 bits per heavy atom. The molecule has 0 aromatic heterocycles. The highest BCUT2D eigenvalue weighted by Gasteiger charge is 2.08. The molecule has 0 unspecified atom stereocenters. The average Bonchev–Trinajstić information content (AvgIpc) is 1.59. The molecule has 0 aromatic rings. The topological polar surface area (TPSA) is 12.0 Å². The van der Waals surface area contributed by atoms with Crippen molar-refractivity contribution in [3.63, 3.8) is 0 Å². The lowest BCUT2D eigenvalue weighted by molar-refractivity contribution is 0.791. The molecule has 8 heavy (non-hydrogen) atoms. The highest BCUT2D eigenvalue weighted by atomic mass is 32.2. The highest BCUT2D eigenvalue weighted by Crippen LogP contribution is 2.18. The van der Waals surface area contributed by atoms with Crippen LogP contribution in [0.25, 0.3) is 0 Å². The molecule has 1 N–H and O–H groups in total. The van der Waals surface area contributed by atoms with Crippen molar-refractivity contribution in [2.75, 3.05) is 6.54 Å². The Balaban J connectivity index is 3.11. The molecule has 0 spiro atoms. The first kappa shape index (κ1) is 8.31. The molecular weight excluding hydrogens is 118 g/mol. The first-order chi connectivity index (χ1) is 3.56. The maximum atomic E-state index is 3.20. The van der Waals surface area contributed by atoms with Crippen molar-refractivity contribution in [1.82, 2.24) is 4.72 Å². The lowest BCUT2D eigenvalue weighted by Crippen LogP contribution is -2.16. The van der Waals surface area contributed by atoms with Gasteiger partial charge in [0.25, 0.3) is 0 Å². The Labute approximate surface area is 56.4 Å². The van der Waals surface area contributed by atoms with Gasteiger partial charge in [-0.2, -0.15) is 0 Å². The summed E-state index contributed by atoms with van der Waals surface area (Å²) in [5.41, 5.74) is 0. The predicted molar refractivity (Wildman–Crippen MR) is 41.0 cm³/mol. The molecular formula is C6H15NS. The number of rotatable bonds is 2. The van der Waals surface area contributed by atoms with Gasteiger partial charge in [0.1, 0.15) is 0 Å². The summed E-state index contributed by atoms with van der Waals surface area (Å²) < 4.78 is 3.56. The number of hydrogen-bond donors (Lipinski definition) is 1. The van der Waals surface area contributed by atoms with E-state index in [1.165, 1.54) is 0 Å². The van der Waals surface area contributed by atoms with Crippen LogP contribution in [-0.4, -0.2) is 11.3 Å². The standard InChI is InChI=1S/C6H15NS/c1-5-7-8-6(2,3)4/h7H,5H2,1-4H3. The molecule has 50 valence electrons. The van der Waals surface area contributed by atoms with E-state index < -0.39 is 0 Å². The third-order valence-corrected chi connectivity index (χ3v) is 1.57. The summed E-state index contributed by atoms with van der Waals surface area (Å²) in [4.78, 5) is 0. The Morgan fingerprint density at radius 1 is 1.38 bits per heavy atom. The minimum atomic E-state index is 0.357. The minimum absolute atomic E-state index is 0.357. The fourth-order valence-electron chi connectivity index (χ4n) is 0.289. The molecule has 0 fully saturated rings. The molecule has 0 saturated carbocycles. The third kappa shape index (κ3) is 6.31. The molecule has 0 radical (unpaired) electrons. The lowest BCUT2D eigenvalue weighted by Gasteiger charge is -2.16. The normalized spacial score (nSPS) is 12.0. The molecule has 0 saturated heterocycles. The first-order valence-corrected chi connectivity index (χ1v) is 3.79. The Bertz CT molecular complexity index is 56.0. The van der Waals surface area contributed by atoms with Crippen molar-refractivity contribution in [1.29, 1.82) is 0 Å². The van der Waals surface area contributed by atoms with E-state index in [0.29, 0.717) is 4.75 Å². The maximum Gasteiger partial charge on any atom is 0.0220 e. The summed E-state index contributed by atoms with van der Waals surface area (Å²) in [7, 11) is 0. The van der Waals surface area contributed by atoms with Crippen molar-refractivity contribution in [3.05, 3.63) is 0 Å². The predicted octanol–water partition coefficient (Wildman–Crippen LogP) is 2.04. The summed E-state index contributed by atoms with van der Waals surface area (Å²) in [5.74, 6) is 0. The van der Waals surface area contributed by atoms with Crippen LogP contribution >= 0.6 is 11.9 Å². The Kier molecular flexibility index (Phi) is 3.49. The molecule has 0 atom stereocenters. The van der Waals surface area contributed by atoms with Gasteiger partial charge in [0, 0.05) is 11.3 Å². The van der Waals surface area contributed by atoms with Crippen molar-refractivity contribution >= 4 is 11.9 Å². The summed E-state index contributed by atoms with van der Waals surface area (Å²) in [6.45, 7) is 9.74.